The van der Waals surface area contributed by atoms with E-state index in [0.717, 1.165) is 0 Å². The molecule has 0 spiro atoms. The average Bonchev–Trinajstić information content (AvgIpc) is 2.98. The maximum absolute atomic E-state index is 14.0. The number of halogens is 1. The van der Waals surface area contributed by atoms with Gasteiger partial charge in [0, 0.05) is 19.8 Å². The van der Waals surface area contributed by atoms with Gasteiger partial charge < -0.3 is 19.7 Å². The number of amides is 1. The van der Waals surface area contributed by atoms with Gasteiger partial charge in [-0.2, -0.15) is 0 Å². The number of rotatable bonds is 5. The molecule has 112 valence electrons. The minimum Gasteiger partial charge on any atom is -0.467 e. The van der Waals surface area contributed by atoms with Crippen LogP contribution < -0.4 is 10.2 Å². The number of hydrogen-bond donors (Lipinski definition) is 2. The smallest absolute Gasteiger partial charge is 0.254 e. The third-order valence-corrected chi connectivity index (χ3v) is 3.09. The van der Waals surface area contributed by atoms with Crippen molar-refractivity contribution in [3.63, 3.8) is 0 Å². The van der Waals surface area contributed by atoms with Crippen LogP contribution in [0.2, 0.25) is 0 Å². The van der Waals surface area contributed by atoms with Gasteiger partial charge in [0.05, 0.1) is 18.4 Å². The molecule has 21 heavy (non-hydrogen) atoms. The van der Waals surface area contributed by atoms with Gasteiger partial charge in [-0.1, -0.05) is 0 Å². The standard InChI is InChI=1S/C15H17FN2O3/c1-18(2)10-5-6-11(12(16)8-10)15(20)17-13(9-19)14-4-3-7-21-14/h3-8,13,19H,9H2,1-2H3,(H,17,20). The van der Waals surface area contributed by atoms with Crippen molar-refractivity contribution < 1.29 is 18.7 Å². The minimum absolute atomic E-state index is 0.0781. The molecule has 1 heterocycles. The summed E-state index contributed by atoms with van der Waals surface area (Å²) in [4.78, 5) is 13.8. The van der Waals surface area contributed by atoms with Crippen molar-refractivity contribution in [2.24, 2.45) is 0 Å². The number of benzene rings is 1. The van der Waals surface area contributed by atoms with Crippen LogP contribution in [0.1, 0.15) is 22.2 Å². The van der Waals surface area contributed by atoms with Crippen molar-refractivity contribution in [1.82, 2.24) is 5.32 Å². The van der Waals surface area contributed by atoms with E-state index in [-0.39, 0.29) is 12.2 Å². The first-order chi connectivity index (χ1) is 10.0. The Morgan fingerprint density at radius 3 is 2.71 bits per heavy atom. The van der Waals surface area contributed by atoms with E-state index in [4.69, 9.17) is 4.42 Å². The second-order valence-corrected chi connectivity index (χ2v) is 4.78. The van der Waals surface area contributed by atoms with Crippen LogP contribution in [-0.2, 0) is 0 Å². The van der Waals surface area contributed by atoms with Crippen LogP contribution in [0.15, 0.2) is 41.0 Å². The molecule has 5 nitrogen and oxygen atoms in total. The lowest BCUT2D eigenvalue weighted by atomic mass is 10.1. The average molecular weight is 292 g/mol. The molecule has 1 unspecified atom stereocenters. The molecular weight excluding hydrogens is 275 g/mol. The summed E-state index contributed by atoms with van der Waals surface area (Å²) in [7, 11) is 3.57. The number of aliphatic hydroxyl groups is 1. The largest absolute Gasteiger partial charge is 0.467 e. The first-order valence-electron chi connectivity index (χ1n) is 6.45. The Morgan fingerprint density at radius 2 is 2.19 bits per heavy atom. The van der Waals surface area contributed by atoms with Gasteiger partial charge in [0.2, 0.25) is 0 Å². The maximum atomic E-state index is 14.0. The summed E-state index contributed by atoms with van der Waals surface area (Å²) < 4.78 is 19.1. The van der Waals surface area contributed by atoms with Gasteiger partial charge in [-0.25, -0.2) is 4.39 Å². The normalized spacial score (nSPS) is 12.0. The zero-order chi connectivity index (χ0) is 15.4. The summed E-state index contributed by atoms with van der Waals surface area (Å²) in [5.41, 5.74) is 0.583. The van der Waals surface area contributed by atoms with Gasteiger partial charge >= 0.3 is 0 Å². The second kappa shape index (κ2) is 6.41. The Balaban J connectivity index is 2.16. The predicted octanol–water partition coefficient (Wildman–Crippen LogP) is 1.95. The number of carbonyl (C=O) groups excluding carboxylic acids is 1. The topological polar surface area (TPSA) is 65.7 Å². The van der Waals surface area contributed by atoms with Crippen LogP contribution >= 0.6 is 0 Å². The Morgan fingerprint density at radius 1 is 1.43 bits per heavy atom. The number of aliphatic hydroxyl groups excluding tert-OH is 1. The first-order valence-corrected chi connectivity index (χ1v) is 6.45. The van der Waals surface area contributed by atoms with Crippen LogP contribution in [0.5, 0.6) is 0 Å². The molecule has 0 aliphatic rings. The van der Waals surface area contributed by atoms with Crippen LogP contribution in [-0.4, -0.2) is 31.7 Å². The molecule has 1 aromatic carbocycles. The van der Waals surface area contributed by atoms with E-state index in [1.54, 1.807) is 37.2 Å². The quantitative estimate of drug-likeness (QED) is 0.884. The molecule has 2 rings (SSSR count). The molecule has 0 saturated heterocycles. The second-order valence-electron chi connectivity index (χ2n) is 4.78. The molecule has 0 aliphatic carbocycles. The van der Waals surface area contributed by atoms with E-state index in [2.05, 4.69) is 5.32 Å². The summed E-state index contributed by atoms with van der Waals surface area (Å²) in [5.74, 6) is -0.806. The summed E-state index contributed by atoms with van der Waals surface area (Å²) in [6, 6.07) is 6.93. The van der Waals surface area contributed by atoms with Gasteiger partial charge in [0.1, 0.15) is 17.6 Å². The summed E-state index contributed by atoms with van der Waals surface area (Å²) in [6.45, 7) is -0.337. The van der Waals surface area contributed by atoms with E-state index in [0.29, 0.717) is 11.4 Å². The highest BCUT2D eigenvalue weighted by molar-refractivity contribution is 5.95. The van der Waals surface area contributed by atoms with Crippen molar-refractivity contribution in [2.75, 3.05) is 25.6 Å². The molecular formula is C15H17FN2O3. The maximum Gasteiger partial charge on any atom is 0.254 e. The molecule has 2 aromatic rings. The van der Waals surface area contributed by atoms with Crippen LogP contribution in [0.3, 0.4) is 0 Å². The number of nitrogens with one attached hydrogen (secondary N) is 1. The fraction of sp³-hybridized carbons (Fsp3) is 0.267. The number of carbonyl (C=O) groups is 1. The molecule has 0 radical (unpaired) electrons. The Kier molecular flexibility index (Phi) is 4.59. The van der Waals surface area contributed by atoms with Crippen molar-refractivity contribution in [2.45, 2.75) is 6.04 Å². The zero-order valence-corrected chi connectivity index (χ0v) is 11.8. The molecule has 0 saturated carbocycles. The molecule has 6 heteroatoms. The van der Waals surface area contributed by atoms with E-state index in [1.165, 1.54) is 18.4 Å². The van der Waals surface area contributed by atoms with Gasteiger partial charge in [-0.05, 0) is 30.3 Å². The van der Waals surface area contributed by atoms with Crippen LogP contribution in [0.4, 0.5) is 10.1 Å². The Labute approximate surface area is 122 Å². The zero-order valence-electron chi connectivity index (χ0n) is 11.8. The highest BCUT2D eigenvalue weighted by atomic mass is 19.1. The van der Waals surface area contributed by atoms with Crippen molar-refractivity contribution in [3.8, 4) is 0 Å². The van der Waals surface area contributed by atoms with Crippen molar-refractivity contribution in [3.05, 3.63) is 53.7 Å². The number of anilines is 1. The summed E-state index contributed by atoms with van der Waals surface area (Å²) >= 11 is 0. The lowest BCUT2D eigenvalue weighted by molar-refractivity contribution is 0.0903. The molecule has 1 amide bonds. The molecule has 0 fully saturated rings. The Hall–Kier alpha value is -2.34. The highest BCUT2D eigenvalue weighted by Crippen LogP contribution is 2.18. The molecule has 2 N–H and O–H groups in total. The molecule has 0 aliphatic heterocycles. The Bertz CT molecular complexity index is 611. The fourth-order valence-corrected chi connectivity index (χ4v) is 1.90. The van der Waals surface area contributed by atoms with Crippen LogP contribution in [0, 0.1) is 5.82 Å². The SMILES string of the molecule is CN(C)c1ccc(C(=O)NC(CO)c2ccco2)c(F)c1. The number of furan rings is 1. The van der Waals surface area contributed by atoms with Crippen molar-refractivity contribution in [1.29, 1.82) is 0 Å². The molecule has 1 atom stereocenters. The molecule has 1 aromatic heterocycles. The van der Waals surface area contributed by atoms with Gasteiger partial charge in [0.15, 0.2) is 0 Å². The highest BCUT2D eigenvalue weighted by Gasteiger charge is 2.19. The lowest BCUT2D eigenvalue weighted by Crippen LogP contribution is -2.31. The summed E-state index contributed by atoms with van der Waals surface area (Å²) in [5, 5.41) is 11.8. The van der Waals surface area contributed by atoms with E-state index < -0.39 is 17.8 Å². The summed E-state index contributed by atoms with van der Waals surface area (Å²) in [6.07, 6.45) is 1.44. The molecule has 0 bridgehead atoms. The van der Waals surface area contributed by atoms with Gasteiger partial charge in [-0.3, -0.25) is 4.79 Å². The monoisotopic (exact) mass is 292 g/mol. The first kappa shape index (κ1) is 15.1. The third kappa shape index (κ3) is 3.41. The van der Waals surface area contributed by atoms with Gasteiger partial charge in [0.25, 0.3) is 5.91 Å². The number of hydrogen-bond acceptors (Lipinski definition) is 4. The van der Waals surface area contributed by atoms with Gasteiger partial charge in [-0.15, -0.1) is 0 Å². The van der Waals surface area contributed by atoms with E-state index in [1.807, 2.05) is 0 Å². The van der Waals surface area contributed by atoms with E-state index in [9.17, 15) is 14.3 Å². The third-order valence-electron chi connectivity index (χ3n) is 3.09. The predicted molar refractivity (Wildman–Crippen MR) is 76.7 cm³/mol. The lowest BCUT2D eigenvalue weighted by Gasteiger charge is -2.16. The van der Waals surface area contributed by atoms with Crippen LogP contribution in [0.25, 0.3) is 0 Å². The van der Waals surface area contributed by atoms with E-state index >= 15 is 0 Å². The minimum atomic E-state index is -0.708. The van der Waals surface area contributed by atoms with Crippen molar-refractivity contribution >= 4 is 11.6 Å². The number of nitrogens with zero attached hydrogens (tertiary/aromatic N) is 1. The fourth-order valence-electron chi connectivity index (χ4n) is 1.90.